The fraction of sp³-hybridized carbons (Fsp3) is 0.174. The Labute approximate surface area is 199 Å². The molecule has 0 unspecified atom stereocenters. The quantitative estimate of drug-likeness (QED) is 0.331. The Hall–Kier alpha value is -3.50. The van der Waals surface area contributed by atoms with Crippen molar-refractivity contribution in [3.8, 4) is 0 Å². The predicted molar refractivity (Wildman–Crippen MR) is 129 cm³/mol. The fourth-order valence-electron chi connectivity index (χ4n) is 3.03. The van der Waals surface area contributed by atoms with E-state index < -0.39 is 11.9 Å². The summed E-state index contributed by atoms with van der Waals surface area (Å²) in [6, 6.07) is 12.6. The number of carboxylic acids is 1. The van der Waals surface area contributed by atoms with Gasteiger partial charge in [0.15, 0.2) is 0 Å². The molecule has 2 N–H and O–H groups in total. The van der Waals surface area contributed by atoms with Gasteiger partial charge in [-0.05, 0) is 48.4 Å². The first kappa shape index (κ1) is 24.1. The number of thiocarbonyl (C=S) groups is 1. The van der Waals surface area contributed by atoms with Gasteiger partial charge < -0.3 is 15.2 Å². The predicted octanol–water partition coefficient (Wildman–Crippen LogP) is 3.79. The molecule has 1 fully saturated rings. The van der Waals surface area contributed by atoms with Gasteiger partial charge in [-0.25, -0.2) is 9.59 Å². The topological polar surface area (TPSA) is 113 Å². The number of nitrogens with one attached hydrogen (secondary N) is 1. The number of rotatable bonds is 8. The number of thioether (sulfide) groups is 1. The second-order valence-corrected chi connectivity index (χ2v) is 8.66. The van der Waals surface area contributed by atoms with Gasteiger partial charge in [0.2, 0.25) is 5.91 Å². The highest BCUT2D eigenvalue weighted by Crippen LogP contribution is 2.32. The number of carbonyl (C=O) groups excluding carboxylic acids is 3. The van der Waals surface area contributed by atoms with Gasteiger partial charge in [-0.15, -0.1) is 0 Å². The normalized spacial score (nSPS) is 14.5. The molecule has 33 heavy (non-hydrogen) atoms. The summed E-state index contributed by atoms with van der Waals surface area (Å²) in [6.45, 7) is 0.284. The molecule has 0 aliphatic carbocycles. The van der Waals surface area contributed by atoms with Crippen LogP contribution in [0.5, 0.6) is 0 Å². The van der Waals surface area contributed by atoms with Crippen LogP contribution < -0.4 is 5.32 Å². The molecule has 10 heteroatoms. The number of benzene rings is 2. The number of carbonyl (C=O) groups is 4. The Kier molecular flexibility index (Phi) is 7.96. The van der Waals surface area contributed by atoms with Crippen LogP contribution in [0.1, 0.15) is 39.1 Å². The highest BCUT2D eigenvalue weighted by atomic mass is 32.2. The second-order valence-electron chi connectivity index (χ2n) is 6.98. The van der Waals surface area contributed by atoms with E-state index >= 15 is 0 Å². The molecule has 0 spiro atoms. The van der Waals surface area contributed by atoms with Gasteiger partial charge in [0, 0.05) is 18.7 Å². The number of anilines is 1. The van der Waals surface area contributed by atoms with Crippen LogP contribution >= 0.6 is 24.0 Å². The summed E-state index contributed by atoms with van der Waals surface area (Å²) in [6.07, 6.45) is 2.23. The summed E-state index contributed by atoms with van der Waals surface area (Å²) in [5.41, 5.74) is 1.63. The molecule has 3 rings (SSSR count). The zero-order valence-electron chi connectivity index (χ0n) is 17.6. The molecular formula is C23H20N2O6S2. The smallest absolute Gasteiger partial charge is 0.337 e. The Balaban J connectivity index is 1.54. The van der Waals surface area contributed by atoms with Crippen LogP contribution in [0.2, 0.25) is 0 Å². The van der Waals surface area contributed by atoms with Crippen LogP contribution in [-0.2, 0) is 14.3 Å². The average Bonchev–Trinajstić information content (AvgIpc) is 3.06. The molecule has 170 valence electrons. The number of esters is 1. The average molecular weight is 485 g/mol. The maximum atomic E-state index is 12.7. The molecule has 8 nitrogen and oxygen atoms in total. The summed E-state index contributed by atoms with van der Waals surface area (Å²) >= 11 is 6.49. The molecule has 0 aromatic heterocycles. The number of aromatic carboxylic acids is 1. The van der Waals surface area contributed by atoms with Gasteiger partial charge in [0.25, 0.3) is 5.91 Å². The molecule has 0 atom stereocenters. The molecular weight excluding hydrogens is 464 g/mol. The van der Waals surface area contributed by atoms with Crippen LogP contribution in [0, 0.1) is 0 Å². The summed E-state index contributed by atoms with van der Waals surface area (Å²) < 4.78 is 5.08. The standard InChI is InChI=1S/C23H20N2O6S2/c1-31-22(30)15-9-7-14(8-10-15)12-18-20(27)25(23(32)33-18)11-3-6-19(26)24-17-5-2-4-16(13-17)21(28)29/h2,4-5,7-10,12-13H,3,6,11H2,1H3,(H,24,26)(H,28,29)/b18-12-. The highest BCUT2D eigenvalue weighted by molar-refractivity contribution is 8.26. The molecule has 1 saturated heterocycles. The van der Waals surface area contributed by atoms with Crippen LogP contribution in [0.15, 0.2) is 53.4 Å². The number of hydrogen-bond donors (Lipinski definition) is 2. The molecule has 0 bridgehead atoms. The second kappa shape index (κ2) is 10.9. The molecule has 0 radical (unpaired) electrons. The van der Waals surface area contributed by atoms with Crippen molar-refractivity contribution in [3.05, 3.63) is 70.1 Å². The van der Waals surface area contributed by atoms with E-state index in [1.165, 1.54) is 35.9 Å². The number of nitrogens with zero attached hydrogens (tertiary/aromatic N) is 1. The van der Waals surface area contributed by atoms with Gasteiger partial charge in [-0.3, -0.25) is 14.5 Å². The monoisotopic (exact) mass is 484 g/mol. The van der Waals surface area contributed by atoms with E-state index in [1.807, 2.05) is 0 Å². The largest absolute Gasteiger partial charge is 0.478 e. The lowest BCUT2D eigenvalue weighted by atomic mass is 10.1. The van der Waals surface area contributed by atoms with Gasteiger partial charge in [-0.1, -0.05) is 42.2 Å². The Morgan fingerprint density at radius 2 is 1.88 bits per heavy atom. The lowest BCUT2D eigenvalue weighted by Crippen LogP contribution is -2.29. The first-order valence-electron chi connectivity index (χ1n) is 9.85. The molecule has 2 amide bonds. The molecule has 1 heterocycles. The summed E-state index contributed by atoms with van der Waals surface area (Å²) in [5, 5.41) is 11.7. The lowest BCUT2D eigenvalue weighted by Gasteiger charge is -2.14. The summed E-state index contributed by atoms with van der Waals surface area (Å²) in [7, 11) is 1.31. The third-order valence-corrected chi connectivity index (χ3v) is 6.06. The van der Waals surface area contributed by atoms with Crippen molar-refractivity contribution in [3.63, 3.8) is 0 Å². The molecule has 2 aromatic carbocycles. The van der Waals surface area contributed by atoms with Crippen molar-refractivity contribution in [1.82, 2.24) is 4.90 Å². The Morgan fingerprint density at radius 3 is 2.55 bits per heavy atom. The van der Waals surface area contributed by atoms with Gasteiger partial charge in [0.1, 0.15) is 4.32 Å². The molecule has 1 aliphatic heterocycles. The van der Waals surface area contributed by atoms with Crippen LogP contribution in [0.4, 0.5) is 5.69 Å². The highest BCUT2D eigenvalue weighted by Gasteiger charge is 2.31. The van der Waals surface area contributed by atoms with E-state index in [0.717, 1.165) is 5.56 Å². The SMILES string of the molecule is COC(=O)c1ccc(/C=C2\SC(=S)N(CCCC(=O)Nc3cccc(C(=O)O)c3)C2=O)cc1. The minimum atomic E-state index is -1.08. The zero-order chi connectivity index (χ0) is 24.0. The van der Waals surface area contributed by atoms with Crippen LogP contribution in [0.3, 0.4) is 0 Å². The lowest BCUT2D eigenvalue weighted by molar-refractivity contribution is -0.122. The summed E-state index contributed by atoms with van der Waals surface area (Å²) in [4.78, 5) is 49.4. The van der Waals surface area contributed by atoms with E-state index in [0.29, 0.717) is 26.9 Å². The molecule has 1 aliphatic rings. The first-order chi connectivity index (χ1) is 15.8. The van der Waals surface area contributed by atoms with E-state index in [4.69, 9.17) is 17.3 Å². The van der Waals surface area contributed by atoms with E-state index in [-0.39, 0.29) is 30.3 Å². The number of hydrogen-bond acceptors (Lipinski definition) is 7. The fourth-order valence-corrected chi connectivity index (χ4v) is 4.34. The van der Waals surface area contributed by atoms with Crippen molar-refractivity contribution < 1.29 is 29.0 Å². The first-order valence-corrected chi connectivity index (χ1v) is 11.1. The molecule has 0 saturated carbocycles. The number of carboxylic acid groups (broad SMARTS) is 1. The van der Waals surface area contributed by atoms with Crippen LogP contribution in [0.25, 0.3) is 6.08 Å². The van der Waals surface area contributed by atoms with Crippen molar-refractivity contribution >= 4 is 63.8 Å². The summed E-state index contributed by atoms with van der Waals surface area (Å²) in [5.74, 6) is -2.04. The van der Waals surface area contributed by atoms with Gasteiger partial charge in [0.05, 0.1) is 23.1 Å². The minimum Gasteiger partial charge on any atom is -0.478 e. The van der Waals surface area contributed by atoms with Gasteiger partial charge in [-0.2, -0.15) is 0 Å². The van der Waals surface area contributed by atoms with E-state index in [1.54, 1.807) is 42.5 Å². The zero-order valence-corrected chi connectivity index (χ0v) is 19.2. The third-order valence-electron chi connectivity index (χ3n) is 4.68. The van der Waals surface area contributed by atoms with Crippen molar-refractivity contribution in [2.24, 2.45) is 0 Å². The number of amides is 2. The molecule has 2 aromatic rings. The third kappa shape index (κ3) is 6.27. The number of ether oxygens (including phenoxy) is 1. The Morgan fingerprint density at radius 1 is 1.15 bits per heavy atom. The number of methoxy groups -OCH3 is 1. The van der Waals surface area contributed by atoms with Crippen molar-refractivity contribution in [2.75, 3.05) is 19.0 Å². The Bertz CT molecular complexity index is 1140. The van der Waals surface area contributed by atoms with Crippen molar-refractivity contribution in [1.29, 1.82) is 0 Å². The van der Waals surface area contributed by atoms with E-state index in [9.17, 15) is 19.2 Å². The van der Waals surface area contributed by atoms with Crippen LogP contribution in [-0.4, -0.2) is 51.7 Å². The van der Waals surface area contributed by atoms with E-state index in [2.05, 4.69) is 10.1 Å². The van der Waals surface area contributed by atoms with Gasteiger partial charge >= 0.3 is 11.9 Å². The minimum absolute atomic E-state index is 0.0806. The maximum absolute atomic E-state index is 12.7. The van der Waals surface area contributed by atoms with Crippen molar-refractivity contribution in [2.45, 2.75) is 12.8 Å². The maximum Gasteiger partial charge on any atom is 0.337 e.